The molecule has 126 valence electrons. The second kappa shape index (κ2) is 7.92. The molecule has 1 aromatic carbocycles. The van der Waals surface area contributed by atoms with Crippen molar-refractivity contribution in [2.75, 3.05) is 26.9 Å². The zero-order valence-electron chi connectivity index (χ0n) is 12.9. The van der Waals surface area contributed by atoms with E-state index in [1.807, 2.05) is 0 Å². The van der Waals surface area contributed by atoms with E-state index in [-0.39, 0.29) is 18.0 Å². The number of nitrogens with one attached hydrogen (secondary N) is 1. The maximum atomic E-state index is 13.9. The fraction of sp³-hybridized carbons (Fsp3) is 0.500. The van der Waals surface area contributed by atoms with Crippen molar-refractivity contribution >= 4 is 11.9 Å². The summed E-state index contributed by atoms with van der Waals surface area (Å²) in [6.07, 6.45) is 1.29. The summed E-state index contributed by atoms with van der Waals surface area (Å²) in [5.41, 5.74) is -0.137. The standard InChI is InChI=1S/C16H20FNO5/c1-22-11-2-3-12(14(17)8-11)15(19)18-9-13(16(20)21)10-4-6-23-7-5-10/h2-3,8,10,13H,4-7,9H2,1H3,(H,18,19)(H,20,21). The molecule has 1 saturated heterocycles. The highest BCUT2D eigenvalue weighted by Crippen LogP contribution is 2.24. The molecule has 1 aliphatic rings. The van der Waals surface area contributed by atoms with Crippen molar-refractivity contribution in [3.05, 3.63) is 29.6 Å². The molecule has 1 aliphatic heterocycles. The number of carboxylic acid groups (broad SMARTS) is 1. The minimum atomic E-state index is -0.965. The lowest BCUT2D eigenvalue weighted by atomic mass is 9.86. The Morgan fingerprint density at radius 3 is 2.70 bits per heavy atom. The first-order valence-electron chi connectivity index (χ1n) is 7.45. The molecule has 0 bridgehead atoms. The molecule has 1 heterocycles. The molecule has 6 nitrogen and oxygen atoms in total. The van der Waals surface area contributed by atoms with E-state index in [2.05, 4.69) is 5.32 Å². The van der Waals surface area contributed by atoms with Crippen LogP contribution in [-0.4, -0.2) is 43.9 Å². The number of hydrogen-bond donors (Lipinski definition) is 2. The van der Waals surface area contributed by atoms with E-state index < -0.39 is 23.6 Å². The van der Waals surface area contributed by atoms with Gasteiger partial charge >= 0.3 is 5.97 Å². The van der Waals surface area contributed by atoms with Gasteiger partial charge in [-0.15, -0.1) is 0 Å². The van der Waals surface area contributed by atoms with E-state index in [1.54, 1.807) is 0 Å². The Balaban J connectivity index is 1.99. The number of rotatable bonds is 6. The summed E-state index contributed by atoms with van der Waals surface area (Å²) in [7, 11) is 1.40. The molecule has 1 aromatic rings. The van der Waals surface area contributed by atoms with Crippen LogP contribution in [0.15, 0.2) is 18.2 Å². The van der Waals surface area contributed by atoms with Gasteiger partial charge in [-0.25, -0.2) is 4.39 Å². The summed E-state index contributed by atoms with van der Waals surface area (Å²) in [4.78, 5) is 23.5. The number of hydrogen-bond acceptors (Lipinski definition) is 4. The third kappa shape index (κ3) is 4.41. The molecule has 1 amide bonds. The van der Waals surface area contributed by atoms with Crippen molar-refractivity contribution in [3.63, 3.8) is 0 Å². The number of halogens is 1. The highest BCUT2D eigenvalue weighted by Gasteiger charge is 2.30. The number of carbonyl (C=O) groups excluding carboxylic acids is 1. The zero-order chi connectivity index (χ0) is 16.8. The normalized spacial score (nSPS) is 16.6. The maximum absolute atomic E-state index is 13.9. The molecule has 0 spiro atoms. The van der Waals surface area contributed by atoms with Gasteiger partial charge in [0.25, 0.3) is 5.91 Å². The Labute approximate surface area is 133 Å². The number of benzene rings is 1. The summed E-state index contributed by atoms with van der Waals surface area (Å²) >= 11 is 0. The molecule has 23 heavy (non-hydrogen) atoms. The highest BCUT2D eigenvalue weighted by atomic mass is 19.1. The van der Waals surface area contributed by atoms with Gasteiger partial charge in [-0.1, -0.05) is 0 Å². The number of carbonyl (C=O) groups is 2. The zero-order valence-corrected chi connectivity index (χ0v) is 12.9. The van der Waals surface area contributed by atoms with Crippen LogP contribution in [0.3, 0.4) is 0 Å². The van der Waals surface area contributed by atoms with Gasteiger partial charge in [0.05, 0.1) is 18.6 Å². The minimum absolute atomic E-state index is 0.0374. The van der Waals surface area contributed by atoms with Gasteiger partial charge in [0.1, 0.15) is 11.6 Å². The van der Waals surface area contributed by atoms with Gasteiger partial charge in [0.2, 0.25) is 0 Å². The number of aliphatic carboxylic acids is 1. The van der Waals surface area contributed by atoms with Gasteiger partial charge in [-0.2, -0.15) is 0 Å². The summed E-state index contributed by atoms with van der Waals surface area (Å²) in [5.74, 6) is -2.76. The summed E-state index contributed by atoms with van der Waals surface area (Å²) in [5, 5.41) is 11.9. The van der Waals surface area contributed by atoms with Crippen molar-refractivity contribution in [2.24, 2.45) is 11.8 Å². The lowest BCUT2D eigenvalue weighted by molar-refractivity contribution is -0.144. The van der Waals surface area contributed by atoms with E-state index >= 15 is 0 Å². The van der Waals surface area contributed by atoms with E-state index in [4.69, 9.17) is 9.47 Å². The van der Waals surface area contributed by atoms with Crippen LogP contribution < -0.4 is 10.1 Å². The smallest absolute Gasteiger partial charge is 0.308 e. The van der Waals surface area contributed by atoms with Crippen LogP contribution in [0.1, 0.15) is 23.2 Å². The van der Waals surface area contributed by atoms with Crippen LogP contribution in [0.2, 0.25) is 0 Å². The third-order valence-corrected chi connectivity index (χ3v) is 4.06. The van der Waals surface area contributed by atoms with Crippen LogP contribution in [0, 0.1) is 17.7 Å². The summed E-state index contributed by atoms with van der Waals surface area (Å²) in [6, 6.07) is 3.90. The average Bonchev–Trinajstić information content (AvgIpc) is 2.55. The van der Waals surface area contributed by atoms with Crippen molar-refractivity contribution in [1.82, 2.24) is 5.32 Å². The second-order valence-corrected chi connectivity index (χ2v) is 5.45. The van der Waals surface area contributed by atoms with Crippen LogP contribution in [0.25, 0.3) is 0 Å². The maximum Gasteiger partial charge on any atom is 0.308 e. The quantitative estimate of drug-likeness (QED) is 0.831. The summed E-state index contributed by atoms with van der Waals surface area (Å²) in [6.45, 7) is 1.01. The number of carboxylic acids is 1. The van der Waals surface area contributed by atoms with Crippen LogP contribution in [0.4, 0.5) is 4.39 Å². The largest absolute Gasteiger partial charge is 0.497 e. The van der Waals surface area contributed by atoms with E-state index in [0.717, 1.165) is 6.07 Å². The molecular weight excluding hydrogens is 305 g/mol. The highest BCUT2D eigenvalue weighted by molar-refractivity contribution is 5.94. The number of amides is 1. The van der Waals surface area contributed by atoms with Crippen LogP contribution in [0.5, 0.6) is 5.75 Å². The first-order chi connectivity index (χ1) is 11.0. The molecule has 1 unspecified atom stereocenters. The van der Waals surface area contributed by atoms with E-state index in [9.17, 15) is 19.1 Å². The number of ether oxygens (including phenoxy) is 2. The molecule has 0 radical (unpaired) electrons. The molecule has 1 fully saturated rings. The Kier molecular flexibility index (Phi) is 5.92. The Bertz CT molecular complexity index is 572. The van der Waals surface area contributed by atoms with Crippen LogP contribution >= 0.6 is 0 Å². The minimum Gasteiger partial charge on any atom is -0.497 e. The monoisotopic (exact) mass is 325 g/mol. The Morgan fingerprint density at radius 2 is 2.13 bits per heavy atom. The molecule has 0 saturated carbocycles. The van der Waals surface area contributed by atoms with Crippen molar-refractivity contribution < 1.29 is 28.6 Å². The SMILES string of the molecule is COc1ccc(C(=O)NCC(C(=O)O)C2CCOCC2)c(F)c1. The van der Waals surface area contributed by atoms with Crippen molar-refractivity contribution in [1.29, 1.82) is 0 Å². The van der Waals surface area contributed by atoms with Gasteiger partial charge < -0.3 is 19.9 Å². The van der Waals surface area contributed by atoms with Gasteiger partial charge in [0, 0.05) is 25.8 Å². The lowest BCUT2D eigenvalue weighted by Crippen LogP contribution is -2.39. The predicted octanol–water partition coefficient (Wildman–Crippen LogP) is 1.69. The fourth-order valence-electron chi connectivity index (χ4n) is 2.68. The first kappa shape index (κ1) is 17.2. The molecule has 0 aliphatic carbocycles. The predicted molar refractivity (Wildman–Crippen MR) is 80.0 cm³/mol. The van der Waals surface area contributed by atoms with Crippen LogP contribution in [-0.2, 0) is 9.53 Å². The average molecular weight is 325 g/mol. The van der Waals surface area contributed by atoms with Gasteiger partial charge in [0.15, 0.2) is 0 Å². The van der Waals surface area contributed by atoms with Crippen molar-refractivity contribution in [2.45, 2.75) is 12.8 Å². The molecule has 2 rings (SSSR count). The molecule has 2 N–H and O–H groups in total. The third-order valence-electron chi connectivity index (χ3n) is 4.06. The topological polar surface area (TPSA) is 84.9 Å². The molecular formula is C16H20FNO5. The second-order valence-electron chi connectivity index (χ2n) is 5.45. The number of methoxy groups -OCH3 is 1. The van der Waals surface area contributed by atoms with Crippen molar-refractivity contribution in [3.8, 4) is 5.75 Å². The lowest BCUT2D eigenvalue weighted by Gasteiger charge is -2.27. The Morgan fingerprint density at radius 1 is 1.43 bits per heavy atom. The van der Waals surface area contributed by atoms with Gasteiger partial charge in [-0.05, 0) is 30.9 Å². The Hall–Kier alpha value is -2.15. The summed E-state index contributed by atoms with van der Waals surface area (Å²) < 4.78 is 23.9. The van der Waals surface area contributed by atoms with Gasteiger partial charge in [-0.3, -0.25) is 9.59 Å². The molecule has 0 aromatic heterocycles. The first-order valence-corrected chi connectivity index (χ1v) is 7.45. The molecule has 7 heteroatoms. The van der Waals surface area contributed by atoms with E-state index in [1.165, 1.54) is 19.2 Å². The molecule has 1 atom stereocenters. The fourth-order valence-corrected chi connectivity index (χ4v) is 2.68. The van der Waals surface area contributed by atoms with E-state index in [0.29, 0.717) is 31.8 Å².